The van der Waals surface area contributed by atoms with Crippen LogP contribution < -0.4 is 16.0 Å². The molecule has 0 fully saturated rings. The number of nitrogens with one attached hydrogen (secondary N) is 1. The van der Waals surface area contributed by atoms with Gasteiger partial charge in [0.1, 0.15) is 12.4 Å². The topological polar surface area (TPSA) is 64.3 Å². The summed E-state index contributed by atoms with van der Waals surface area (Å²) in [7, 11) is 0. The first-order valence-corrected chi connectivity index (χ1v) is 7.61. The van der Waals surface area contributed by atoms with Gasteiger partial charge < -0.3 is 4.74 Å². The molecule has 4 nitrogen and oxygen atoms in total. The SMILES string of the molecule is NNC(=O)/C=C/c1ccc(OCc2ccc(Cl)cc2)c(Br)c1. The van der Waals surface area contributed by atoms with Gasteiger partial charge in [-0.1, -0.05) is 29.8 Å². The Bertz CT molecular complexity index is 687. The standard InChI is InChI=1S/C16H14BrClN2O2/c17-14-9-11(4-8-16(21)20-19)3-7-15(14)22-10-12-1-5-13(18)6-2-12/h1-9H,10,19H2,(H,20,21)/b8-4+. The van der Waals surface area contributed by atoms with Gasteiger partial charge >= 0.3 is 0 Å². The summed E-state index contributed by atoms with van der Waals surface area (Å²) in [4.78, 5) is 11.1. The molecule has 0 unspecified atom stereocenters. The maximum absolute atomic E-state index is 11.1. The van der Waals surface area contributed by atoms with Crippen molar-refractivity contribution < 1.29 is 9.53 Å². The van der Waals surface area contributed by atoms with Gasteiger partial charge in [0.15, 0.2) is 0 Å². The van der Waals surface area contributed by atoms with Gasteiger partial charge in [-0.2, -0.15) is 0 Å². The summed E-state index contributed by atoms with van der Waals surface area (Å²) in [6, 6.07) is 13.0. The number of hydrazine groups is 1. The Morgan fingerprint density at radius 1 is 1.27 bits per heavy atom. The van der Waals surface area contributed by atoms with Gasteiger partial charge in [-0.15, -0.1) is 0 Å². The minimum atomic E-state index is -0.362. The Morgan fingerprint density at radius 2 is 2.00 bits per heavy atom. The van der Waals surface area contributed by atoms with E-state index in [1.165, 1.54) is 6.08 Å². The number of carbonyl (C=O) groups excluding carboxylic acids is 1. The third-order valence-corrected chi connectivity index (χ3v) is 3.70. The minimum Gasteiger partial charge on any atom is -0.488 e. The summed E-state index contributed by atoms with van der Waals surface area (Å²) < 4.78 is 6.55. The van der Waals surface area contributed by atoms with Gasteiger partial charge in [0.25, 0.3) is 5.91 Å². The van der Waals surface area contributed by atoms with E-state index in [2.05, 4.69) is 15.9 Å². The molecule has 1 amide bonds. The lowest BCUT2D eigenvalue weighted by molar-refractivity contribution is -0.116. The van der Waals surface area contributed by atoms with Crippen molar-refractivity contribution in [3.8, 4) is 5.75 Å². The maximum atomic E-state index is 11.1. The molecule has 0 bridgehead atoms. The Balaban J connectivity index is 2.02. The lowest BCUT2D eigenvalue weighted by Gasteiger charge is -2.09. The average Bonchev–Trinajstić information content (AvgIpc) is 2.53. The second-order valence-corrected chi connectivity index (χ2v) is 5.74. The molecule has 0 aromatic heterocycles. The number of halogens is 2. The molecular weight excluding hydrogens is 368 g/mol. The lowest BCUT2D eigenvalue weighted by atomic mass is 10.2. The van der Waals surface area contributed by atoms with Crippen LogP contribution in [0.4, 0.5) is 0 Å². The molecule has 0 atom stereocenters. The molecule has 2 aromatic rings. The molecule has 0 saturated carbocycles. The summed E-state index contributed by atoms with van der Waals surface area (Å²) in [5.41, 5.74) is 3.92. The number of ether oxygens (including phenoxy) is 1. The average molecular weight is 382 g/mol. The van der Waals surface area contributed by atoms with Crippen LogP contribution in [-0.2, 0) is 11.4 Å². The molecule has 0 aliphatic heterocycles. The van der Waals surface area contributed by atoms with Crippen LogP contribution in [0.3, 0.4) is 0 Å². The predicted octanol–water partition coefficient (Wildman–Crippen LogP) is 3.68. The van der Waals surface area contributed by atoms with E-state index in [0.717, 1.165) is 21.3 Å². The van der Waals surface area contributed by atoms with Crippen molar-refractivity contribution in [3.63, 3.8) is 0 Å². The van der Waals surface area contributed by atoms with Gasteiger partial charge in [-0.25, -0.2) is 5.84 Å². The summed E-state index contributed by atoms with van der Waals surface area (Å²) >= 11 is 9.29. The largest absolute Gasteiger partial charge is 0.488 e. The minimum absolute atomic E-state index is 0.362. The fraction of sp³-hybridized carbons (Fsp3) is 0.0625. The molecule has 0 spiro atoms. The summed E-state index contributed by atoms with van der Waals surface area (Å²) in [5, 5.41) is 0.697. The van der Waals surface area contributed by atoms with E-state index >= 15 is 0 Å². The molecule has 0 aliphatic rings. The maximum Gasteiger partial charge on any atom is 0.257 e. The van der Waals surface area contributed by atoms with Crippen LogP contribution >= 0.6 is 27.5 Å². The van der Waals surface area contributed by atoms with Crippen molar-refractivity contribution in [2.45, 2.75) is 6.61 Å². The highest BCUT2D eigenvalue weighted by Gasteiger charge is 2.03. The van der Waals surface area contributed by atoms with E-state index in [4.69, 9.17) is 22.2 Å². The summed E-state index contributed by atoms with van der Waals surface area (Å²) in [5.74, 6) is 5.36. The first-order chi connectivity index (χ1) is 10.6. The second kappa shape index (κ2) is 7.98. The van der Waals surface area contributed by atoms with Crippen molar-refractivity contribution in [3.05, 3.63) is 69.2 Å². The fourth-order valence-electron chi connectivity index (χ4n) is 1.70. The first kappa shape index (κ1) is 16.5. The van der Waals surface area contributed by atoms with Crippen molar-refractivity contribution in [1.29, 1.82) is 0 Å². The zero-order valence-corrected chi connectivity index (χ0v) is 13.9. The Kier molecular flexibility index (Phi) is 6.00. The Morgan fingerprint density at radius 3 is 2.64 bits per heavy atom. The molecular formula is C16H14BrClN2O2. The highest BCUT2D eigenvalue weighted by Crippen LogP contribution is 2.27. The van der Waals surface area contributed by atoms with Gasteiger partial charge in [0, 0.05) is 11.1 Å². The van der Waals surface area contributed by atoms with Crippen LogP contribution in [0.2, 0.25) is 5.02 Å². The molecule has 2 rings (SSSR count). The van der Waals surface area contributed by atoms with Crippen molar-refractivity contribution in [2.75, 3.05) is 0 Å². The number of nitrogens with two attached hydrogens (primary N) is 1. The van der Waals surface area contributed by atoms with E-state index in [1.54, 1.807) is 6.08 Å². The van der Waals surface area contributed by atoms with Crippen molar-refractivity contribution >= 4 is 39.5 Å². The number of amides is 1. The summed E-state index contributed by atoms with van der Waals surface area (Å²) in [6.45, 7) is 0.445. The molecule has 0 radical (unpaired) electrons. The van der Waals surface area contributed by atoms with E-state index in [0.29, 0.717) is 11.6 Å². The second-order valence-electron chi connectivity index (χ2n) is 4.45. The highest BCUT2D eigenvalue weighted by molar-refractivity contribution is 9.10. The number of hydrogen-bond acceptors (Lipinski definition) is 3. The molecule has 0 heterocycles. The predicted molar refractivity (Wildman–Crippen MR) is 91.3 cm³/mol. The molecule has 0 saturated heterocycles. The van der Waals surface area contributed by atoms with E-state index in [-0.39, 0.29) is 5.91 Å². The van der Waals surface area contributed by atoms with Crippen LogP contribution in [0.5, 0.6) is 5.75 Å². The smallest absolute Gasteiger partial charge is 0.257 e. The lowest BCUT2D eigenvalue weighted by Crippen LogP contribution is -2.27. The van der Waals surface area contributed by atoms with Crippen LogP contribution in [0, 0.1) is 0 Å². The van der Waals surface area contributed by atoms with Gasteiger partial charge in [-0.05, 0) is 57.4 Å². The van der Waals surface area contributed by atoms with Crippen LogP contribution in [-0.4, -0.2) is 5.91 Å². The monoisotopic (exact) mass is 380 g/mol. The summed E-state index contributed by atoms with van der Waals surface area (Å²) in [6.07, 6.45) is 3.02. The molecule has 22 heavy (non-hydrogen) atoms. The zero-order valence-electron chi connectivity index (χ0n) is 11.6. The third kappa shape index (κ3) is 4.87. The van der Waals surface area contributed by atoms with Crippen LogP contribution in [0.25, 0.3) is 6.08 Å². The van der Waals surface area contributed by atoms with Crippen molar-refractivity contribution in [1.82, 2.24) is 5.43 Å². The number of carbonyl (C=O) groups is 1. The Labute approximate surface area is 142 Å². The normalized spacial score (nSPS) is 10.7. The molecule has 2 aromatic carbocycles. The third-order valence-electron chi connectivity index (χ3n) is 2.83. The molecule has 114 valence electrons. The van der Waals surface area contributed by atoms with E-state index < -0.39 is 0 Å². The zero-order chi connectivity index (χ0) is 15.9. The molecule has 0 aliphatic carbocycles. The number of benzene rings is 2. The first-order valence-electron chi connectivity index (χ1n) is 6.44. The van der Waals surface area contributed by atoms with Crippen LogP contribution in [0.15, 0.2) is 53.0 Å². The van der Waals surface area contributed by atoms with Gasteiger partial charge in [0.05, 0.1) is 4.47 Å². The molecule has 3 N–H and O–H groups in total. The number of hydrogen-bond donors (Lipinski definition) is 2. The quantitative estimate of drug-likeness (QED) is 0.359. The highest BCUT2D eigenvalue weighted by atomic mass is 79.9. The van der Waals surface area contributed by atoms with E-state index in [1.807, 2.05) is 47.9 Å². The van der Waals surface area contributed by atoms with Gasteiger partial charge in [0.2, 0.25) is 0 Å². The number of rotatable bonds is 5. The van der Waals surface area contributed by atoms with Gasteiger partial charge in [-0.3, -0.25) is 10.2 Å². The molecule has 6 heteroatoms. The Hall–Kier alpha value is -1.82. The fourth-order valence-corrected chi connectivity index (χ4v) is 2.34. The van der Waals surface area contributed by atoms with E-state index in [9.17, 15) is 4.79 Å². The van der Waals surface area contributed by atoms with Crippen LogP contribution in [0.1, 0.15) is 11.1 Å². The van der Waals surface area contributed by atoms with Crippen molar-refractivity contribution in [2.24, 2.45) is 5.84 Å².